The van der Waals surface area contributed by atoms with Crippen LogP contribution in [-0.2, 0) is 10.2 Å². The van der Waals surface area contributed by atoms with E-state index in [9.17, 15) is 4.79 Å². The maximum Gasteiger partial charge on any atom is 0.233 e. The molecule has 0 radical (unpaired) electrons. The van der Waals surface area contributed by atoms with Gasteiger partial charge in [0.2, 0.25) is 5.91 Å². The van der Waals surface area contributed by atoms with Crippen LogP contribution in [0.3, 0.4) is 0 Å². The summed E-state index contributed by atoms with van der Waals surface area (Å²) in [6.45, 7) is 7.30. The number of amides is 1. The highest BCUT2D eigenvalue weighted by molar-refractivity contribution is 5.89. The first-order valence-corrected chi connectivity index (χ1v) is 9.61. The Morgan fingerprint density at radius 1 is 1.24 bits per heavy atom. The first kappa shape index (κ1) is 20.3. The highest BCUT2D eigenvalue weighted by atomic mass is 35.5. The summed E-state index contributed by atoms with van der Waals surface area (Å²) in [4.78, 5) is 15.6. The van der Waals surface area contributed by atoms with E-state index < -0.39 is 0 Å². The van der Waals surface area contributed by atoms with Gasteiger partial charge in [0.15, 0.2) is 0 Å². The predicted octanol–water partition coefficient (Wildman–Crippen LogP) is 4.11. The predicted molar refractivity (Wildman–Crippen MR) is 107 cm³/mol. The molecule has 1 atom stereocenters. The van der Waals surface area contributed by atoms with Crippen molar-refractivity contribution in [1.82, 2.24) is 10.2 Å². The molecule has 0 spiro atoms. The van der Waals surface area contributed by atoms with Crippen LogP contribution in [0.1, 0.15) is 63.0 Å². The van der Waals surface area contributed by atoms with E-state index in [1.54, 1.807) is 0 Å². The lowest BCUT2D eigenvalue weighted by molar-refractivity contribution is -0.136. The number of nitrogens with zero attached hydrogens (tertiary/aromatic N) is 1. The second-order valence-corrected chi connectivity index (χ2v) is 8.03. The van der Waals surface area contributed by atoms with Gasteiger partial charge in [-0.1, -0.05) is 51.0 Å². The molecule has 0 aromatic heterocycles. The summed E-state index contributed by atoms with van der Waals surface area (Å²) >= 11 is 0. The standard InChI is InChI=1S/C21H32N2O.ClH/c1-16(2)18-6-8-19(9-7-18)21(11-4-5-12-21)20(24)23-13-10-17(15-23)14-22-3;/h6-9,16-17,22H,4-5,10-15H2,1-3H3;1H. The molecule has 3 nitrogen and oxygen atoms in total. The molecule has 1 heterocycles. The number of nitrogens with one attached hydrogen (secondary N) is 1. The van der Waals surface area contributed by atoms with Gasteiger partial charge >= 0.3 is 0 Å². The minimum atomic E-state index is -0.260. The van der Waals surface area contributed by atoms with Crippen LogP contribution in [0.15, 0.2) is 24.3 Å². The largest absolute Gasteiger partial charge is 0.342 e. The number of benzene rings is 1. The van der Waals surface area contributed by atoms with Crippen molar-refractivity contribution in [2.24, 2.45) is 5.92 Å². The maximum absolute atomic E-state index is 13.4. The number of halogens is 1. The topological polar surface area (TPSA) is 32.3 Å². The van der Waals surface area contributed by atoms with Gasteiger partial charge in [-0.05, 0) is 55.8 Å². The lowest BCUT2D eigenvalue weighted by atomic mass is 9.77. The molecule has 1 aliphatic carbocycles. The van der Waals surface area contributed by atoms with Gasteiger partial charge < -0.3 is 10.2 Å². The minimum Gasteiger partial charge on any atom is -0.342 e. The molecular formula is C21H33ClN2O. The first-order valence-electron chi connectivity index (χ1n) is 9.61. The van der Waals surface area contributed by atoms with Gasteiger partial charge in [-0.25, -0.2) is 0 Å². The molecule has 1 aliphatic heterocycles. The molecule has 1 unspecified atom stereocenters. The molecule has 140 valence electrons. The molecule has 0 bridgehead atoms. The van der Waals surface area contributed by atoms with E-state index in [0.29, 0.717) is 17.7 Å². The second kappa shape index (κ2) is 8.55. The monoisotopic (exact) mass is 364 g/mol. The fourth-order valence-electron chi connectivity index (χ4n) is 4.57. The van der Waals surface area contributed by atoms with Crippen molar-refractivity contribution in [3.8, 4) is 0 Å². The number of carbonyl (C=O) groups is 1. The van der Waals surface area contributed by atoms with Crippen LogP contribution in [0.25, 0.3) is 0 Å². The molecule has 2 aliphatic rings. The van der Waals surface area contributed by atoms with Crippen LogP contribution >= 0.6 is 12.4 Å². The summed E-state index contributed by atoms with van der Waals surface area (Å²) in [5.41, 5.74) is 2.34. The van der Waals surface area contributed by atoms with Crippen LogP contribution < -0.4 is 5.32 Å². The van der Waals surface area contributed by atoms with Crippen molar-refractivity contribution in [3.05, 3.63) is 35.4 Å². The molecule has 1 amide bonds. The summed E-state index contributed by atoms with van der Waals surface area (Å²) in [5, 5.41) is 3.26. The minimum absolute atomic E-state index is 0. The Balaban J connectivity index is 0.00000225. The Hall–Kier alpha value is -1.06. The second-order valence-electron chi connectivity index (χ2n) is 8.03. The molecule has 2 fully saturated rings. The third-order valence-corrected chi connectivity index (χ3v) is 6.06. The Bertz CT molecular complexity index is 564. The number of carbonyl (C=O) groups excluding carboxylic acids is 1. The zero-order chi connectivity index (χ0) is 17.2. The van der Waals surface area contributed by atoms with Crippen molar-refractivity contribution in [2.45, 2.75) is 57.3 Å². The van der Waals surface area contributed by atoms with Gasteiger partial charge in [-0.2, -0.15) is 0 Å². The van der Waals surface area contributed by atoms with Gasteiger partial charge in [0.05, 0.1) is 5.41 Å². The Morgan fingerprint density at radius 3 is 2.44 bits per heavy atom. The van der Waals surface area contributed by atoms with Gasteiger partial charge in [-0.3, -0.25) is 4.79 Å². The van der Waals surface area contributed by atoms with Crippen molar-refractivity contribution in [1.29, 1.82) is 0 Å². The number of hydrogen-bond donors (Lipinski definition) is 1. The van der Waals surface area contributed by atoms with Crippen LogP contribution in [0.2, 0.25) is 0 Å². The molecule has 25 heavy (non-hydrogen) atoms. The Morgan fingerprint density at radius 2 is 1.88 bits per heavy atom. The normalized spacial score (nSPS) is 22.2. The summed E-state index contributed by atoms with van der Waals surface area (Å²) in [7, 11) is 2.00. The van der Waals surface area contributed by atoms with Crippen LogP contribution in [0, 0.1) is 5.92 Å². The molecule has 3 rings (SSSR count). The van der Waals surface area contributed by atoms with Crippen molar-refractivity contribution < 1.29 is 4.79 Å². The van der Waals surface area contributed by atoms with Gasteiger partial charge in [0.1, 0.15) is 0 Å². The highest BCUT2D eigenvalue weighted by Gasteiger charge is 2.46. The summed E-state index contributed by atoms with van der Waals surface area (Å²) in [6, 6.07) is 8.89. The fourth-order valence-corrected chi connectivity index (χ4v) is 4.57. The van der Waals surface area contributed by atoms with Crippen molar-refractivity contribution in [2.75, 3.05) is 26.7 Å². The lowest BCUT2D eigenvalue weighted by Gasteiger charge is -2.33. The van der Waals surface area contributed by atoms with E-state index >= 15 is 0 Å². The molecule has 4 heteroatoms. The zero-order valence-corrected chi connectivity index (χ0v) is 16.7. The SMILES string of the molecule is CNCC1CCN(C(=O)C2(c3ccc(C(C)C)cc3)CCCC2)C1.Cl. The Kier molecular flexibility index (Phi) is 6.93. The smallest absolute Gasteiger partial charge is 0.233 e. The molecule has 1 saturated carbocycles. The maximum atomic E-state index is 13.4. The molecule has 1 aromatic carbocycles. The lowest BCUT2D eigenvalue weighted by Crippen LogP contribution is -2.44. The zero-order valence-electron chi connectivity index (χ0n) is 15.9. The van der Waals surface area contributed by atoms with E-state index in [1.165, 1.54) is 24.0 Å². The average Bonchev–Trinajstić information content (AvgIpc) is 3.25. The van der Waals surface area contributed by atoms with Gasteiger partial charge in [-0.15, -0.1) is 12.4 Å². The van der Waals surface area contributed by atoms with E-state index in [1.807, 2.05) is 7.05 Å². The molecular weight excluding hydrogens is 332 g/mol. The number of likely N-dealkylation sites (tertiary alicyclic amines) is 1. The fraction of sp³-hybridized carbons (Fsp3) is 0.667. The van der Waals surface area contributed by atoms with Crippen molar-refractivity contribution in [3.63, 3.8) is 0 Å². The summed E-state index contributed by atoms with van der Waals surface area (Å²) in [6.07, 6.45) is 5.51. The van der Waals surface area contributed by atoms with Crippen LogP contribution in [0.5, 0.6) is 0 Å². The quantitative estimate of drug-likeness (QED) is 0.852. The number of hydrogen-bond acceptors (Lipinski definition) is 2. The van der Waals surface area contributed by atoms with E-state index in [-0.39, 0.29) is 17.8 Å². The Labute approximate surface area is 159 Å². The van der Waals surface area contributed by atoms with Gasteiger partial charge in [0, 0.05) is 13.1 Å². The van der Waals surface area contributed by atoms with E-state index in [2.05, 4.69) is 48.3 Å². The molecule has 1 aromatic rings. The molecule has 1 N–H and O–H groups in total. The van der Waals surface area contributed by atoms with E-state index in [4.69, 9.17) is 0 Å². The average molecular weight is 365 g/mol. The van der Waals surface area contributed by atoms with Crippen LogP contribution in [0.4, 0.5) is 0 Å². The highest BCUT2D eigenvalue weighted by Crippen LogP contribution is 2.43. The molecule has 1 saturated heterocycles. The number of rotatable bonds is 5. The third-order valence-electron chi connectivity index (χ3n) is 6.06. The van der Waals surface area contributed by atoms with Crippen LogP contribution in [-0.4, -0.2) is 37.5 Å². The first-order chi connectivity index (χ1) is 11.6. The summed E-state index contributed by atoms with van der Waals surface area (Å²) in [5.74, 6) is 1.53. The summed E-state index contributed by atoms with van der Waals surface area (Å²) < 4.78 is 0. The van der Waals surface area contributed by atoms with Crippen molar-refractivity contribution >= 4 is 18.3 Å². The van der Waals surface area contributed by atoms with E-state index in [0.717, 1.165) is 38.9 Å². The third kappa shape index (κ3) is 4.03. The van der Waals surface area contributed by atoms with Gasteiger partial charge in [0.25, 0.3) is 0 Å².